The molecule has 0 aliphatic carbocycles. The molecule has 1 aliphatic heterocycles. The van der Waals surface area contributed by atoms with Crippen LogP contribution in [0.5, 0.6) is 0 Å². The van der Waals surface area contributed by atoms with Crippen molar-refractivity contribution in [2.75, 3.05) is 6.54 Å². The standard InChI is InChI=1S/C16H17FN2O4/c17-10-1-2-11-9(8-19-12(11)7-10)5-6-18-15(20)13-3-4-14(23-13)16(21)22/h1-2,7-8,13-14,19H,3-6H2,(H,18,20)(H,21,22)/t13-,14+/m0/s1. The number of H-pyrrole nitrogens is 1. The Morgan fingerprint density at radius 3 is 2.87 bits per heavy atom. The van der Waals surface area contributed by atoms with E-state index in [-0.39, 0.29) is 11.7 Å². The number of benzene rings is 1. The van der Waals surface area contributed by atoms with E-state index < -0.39 is 18.2 Å². The van der Waals surface area contributed by atoms with Gasteiger partial charge in [-0.2, -0.15) is 0 Å². The third kappa shape index (κ3) is 3.34. The minimum absolute atomic E-state index is 0.292. The molecule has 0 unspecified atom stereocenters. The number of carboxylic acid groups (broad SMARTS) is 1. The summed E-state index contributed by atoms with van der Waals surface area (Å²) >= 11 is 0. The normalized spacial score (nSPS) is 20.7. The van der Waals surface area contributed by atoms with Crippen molar-refractivity contribution in [3.05, 3.63) is 35.8 Å². The number of hydrogen-bond donors (Lipinski definition) is 3. The lowest BCUT2D eigenvalue weighted by Gasteiger charge is -2.11. The Kier molecular flexibility index (Phi) is 4.29. The average Bonchev–Trinajstić information content (AvgIpc) is 3.14. The van der Waals surface area contributed by atoms with E-state index in [9.17, 15) is 14.0 Å². The number of carboxylic acids is 1. The Morgan fingerprint density at radius 2 is 2.13 bits per heavy atom. The van der Waals surface area contributed by atoms with Crippen molar-refractivity contribution < 1.29 is 23.8 Å². The summed E-state index contributed by atoms with van der Waals surface area (Å²) < 4.78 is 18.3. The van der Waals surface area contributed by atoms with Crippen LogP contribution >= 0.6 is 0 Å². The first-order valence-electron chi connectivity index (χ1n) is 7.46. The van der Waals surface area contributed by atoms with Crippen LogP contribution in [-0.4, -0.2) is 40.7 Å². The smallest absolute Gasteiger partial charge is 0.332 e. The maximum absolute atomic E-state index is 13.1. The average molecular weight is 320 g/mol. The van der Waals surface area contributed by atoms with E-state index in [1.165, 1.54) is 12.1 Å². The molecule has 2 atom stereocenters. The highest BCUT2D eigenvalue weighted by Crippen LogP contribution is 2.21. The molecule has 1 aromatic heterocycles. The van der Waals surface area contributed by atoms with Crippen LogP contribution in [-0.2, 0) is 20.7 Å². The molecule has 0 radical (unpaired) electrons. The second-order valence-corrected chi connectivity index (χ2v) is 5.57. The Labute approximate surface area is 131 Å². The molecule has 0 spiro atoms. The number of hydrogen-bond acceptors (Lipinski definition) is 3. The number of halogens is 1. The number of carbonyl (C=O) groups is 2. The number of ether oxygens (including phenoxy) is 1. The van der Waals surface area contributed by atoms with E-state index in [0.29, 0.717) is 25.8 Å². The molecule has 1 saturated heterocycles. The van der Waals surface area contributed by atoms with Crippen LogP contribution in [0, 0.1) is 5.82 Å². The number of rotatable bonds is 5. The third-order valence-corrected chi connectivity index (χ3v) is 4.01. The van der Waals surface area contributed by atoms with Crippen molar-refractivity contribution in [2.45, 2.75) is 31.5 Å². The van der Waals surface area contributed by atoms with Crippen molar-refractivity contribution >= 4 is 22.8 Å². The molecule has 1 aromatic carbocycles. The number of carbonyl (C=O) groups excluding carboxylic acids is 1. The van der Waals surface area contributed by atoms with Gasteiger partial charge in [0.25, 0.3) is 0 Å². The largest absolute Gasteiger partial charge is 0.479 e. The minimum Gasteiger partial charge on any atom is -0.479 e. The van der Waals surface area contributed by atoms with Crippen LogP contribution in [0.15, 0.2) is 24.4 Å². The molecular formula is C16H17FN2O4. The van der Waals surface area contributed by atoms with Crippen molar-refractivity contribution in [1.29, 1.82) is 0 Å². The van der Waals surface area contributed by atoms with Crippen LogP contribution in [0.3, 0.4) is 0 Å². The molecule has 7 heteroatoms. The molecule has 1 fully saturated rings. The highest BCUT2D eigenvalue weighted by atomic mass is 19.1. The van der Waals surface area contributed by atoms with E-state index in [0.717, 1.165) is 16.5 Å². The van der Waals surface area contributed by atoms with Crippen LogP contribution in [0.25, 0.3) is 10.9 Å². The van der Waals surface area contributed by atoms with Crippen LogP contribution < -0.4 is 5.32 Å². The van der Waals surface area contributed by atoms with Gasteiger partial charge < -0.3 is 20.1 Å². The van der Waals surface area contributed by atoms with Crippen LogP contribution in [0.4, 0.5) is 4.39 Å². The summed E-state index contributed by atoms with van der Waals surface area (Å²) in [5, 5.41) is 12.5. The number of nitrogens with one attached hydrogen (secondary N) is 2. The summed E-state index contributed by atoms with van der Waals surface area (Å²) in [6.45, 7) is 0.404. The van der Waals surface area contributed by atoms with Gasteiger partial charge in [-0.15, -0.1) is 0 Å². The predicted octanol–water partition coefficient (Wildman–Crippen LogP) is 1.60. The minimum atomic E-state index is -1.04. The van der Waals surface area contributed by atoms with E-state index in [4.69, 9.17) is 9.84 Å². The van der Waals surface area contributed by atoms with Gasteiger partial charge in [0.15, 0.2) is 6.10 Å². The topological polar surface area (TPSA) is 91.4 Å². The van der Waals surface area contributed by atoms with Crippen molar-refractivity contribution in [3.63, 3.8) is 0 Å². The molecule has 1 aliphatic rings. The van der Waals surface area contributed by atoms with Crippen LogP contribution in [0.1, 0.15) is 18.4 Å². The number of aromatic amines is 1. The van der Waals surface area contributed by atoms with Gasteiger partial charge >= 0.3 is 5.97 Å². The quantitative estimate of drug-likeness (QED) is 0.780. The lowest BCUT2D eigenvalue weighted by atomic mass is 10.1. The molecular weight excluding hydrogens is 303 g/mol. The fraction of sp³-hybridized carbons (Fsp3) is 0.375. The second kappa shape index (κ2) is 6.37. The molecule has 0 saturated carbocycles. The van der Waals surface area contributed by atoms with Gasteiger partial charge in [-0.1, -0.05) is 0 Å². The molecule has 1 amide bonds. The highest BCUT2D eigenvalue weighted by Gasteiger charge is 2.34. The van der Waals surface area contributed by atoms with Gasteiger partial charge in [0.2, 0.25) is 5.91 Å². The maximum atomic E-state index is 13.1. The van der Waals surface area contributed by atoms with Gasteiger partial charge in [-0.05, 0) is 43.0 Å². The Morgan fingerprint density at radius 1 is 1.35 bits per heavy atom. The monoisotopic (exact) mass is 320 g/mol. The summed E-state index contributed by atoms with van der Waals surface area (Å²) in [4.78, 5) is 25.8. The molecule has 3 rings (SSSR count). The van der Waals surface area contributed by atoms with E-state index in [1.54, 1.807) is 12.3 Å². The predicted molar refractivity (Wildman–Crippen MR) is 80.5 cm³/mol. The highest BCUT2D eigenvalue weighted by molar-refractivity contribution is 5.84. The Hall–Kier alpha value is -2.41. The van der Waals surface area contributed by atoms with Crippen molar-refractivity contribution in [2.24, 2.45) is 0 Å². The van der Waals surface area contributed by atoms with Gasteiger partial charge in [0.1, 0.15) is 11.9 Å². The first-order chi connectivity index (χ1) is 11.0. The third-order valence-electron chi connectivity index (χ3n) is 4.01. The molecule has 3 N–H and O–H groups in total. The molecule has 6 nitrogen and oxygen atoms in total. The molecule has 23 heavy (non-hydrogen) atoms. The summed E-state index contributed by atoms with van der Waals surface area (Å²) in [6, 6.07) is 4.53. The summed E-state index contributed by atoms with van der Waals surface area (Å²) in [7, 11) is 0. The zero-order valence-electron chi connectivity index (χ0n) is 12.3. The van der Waals surface area contributed by atoms with Crippen LogP contribution in [0.2, 0.25) is 0 Å². The fourth-order valence-corrected chi connectivity index (χ4v) is 2.81. The van der Waals surface area contributed by atoms with E-state index in [2.05, 4.69) is 10.3 Å². The van der Waals surface area contributed by atoms with Gasteiger partial charge in [0, 0.05) is 23.6 Å². The molecule has 122 valence electrons. The first kappa shape index (κ1) is 15.5. The summed E-state index contributed by atoms with van der Waals surface area (Å²) in [5.74, 6) is -1.63. The molecule has 2 aromatic rings. The first-order valence-corrected chi connectivity index (χ1v) is 7.46. The summed E-state index contributed by atoms with van der Waals surface area (Å²) in [6.07, 6.45) is 1.55. The van der Waals surface area contributed by atoms with Gasteiger partial charge in [-0.3, -0.25) is 4.79 Å². The van der Waals surface area contributed by atoms with Gasteiger partial charge in [0.05, 0.1) is 0 Å². The fourth-order valence-electron chi connectivity index (χ4n) is 2.81. The van der Waals surface area contributed by atoms with E-state index in [1.807, 2.05) is 0 Å². The van der Waals surface area contributed by atoms with E-state index >= 15 is 0 Å². The lowest BCUT2D eigenvalue weighted by molar-refractivity contribution is -0.151. The SMILES string of the molecule is O=C(NCCc1c[nH]c2cc(F)ccc12)[C@@H]1CC[C@H](C(=O)O)O1. The molecule has 2 heterocycles. The number of amides is 1. The number of fused-ring (bicyclic) bond motifs is 1. The second-order valence-electron chi connectivity index (χ2n) is 5.57. The Bertz CT molecular complexity index is 743. The Balaban J connectivity index is 1.53. The maximum Gasteiger partial charge on any atom is 0.332 e. The van der Waals surface area contributed by atoms with Crippen molar-refractivity contribution in [1.82, 2.24) is 10.3 Å². The van der Waals surface area contributed by atoms with Gasteiger partial charge in [-0.25, -0.2) is 9.18 Å². The zero-order valence-corrected chi connectivity index (χ0v) is 12.3. The van der Waals surface area contributed by atoms with Crippen molar-refractivity contribution in [3.8, 4) is 0 Å². The molecule has 0 bridgehead atoms. The number of aromatic nitrogens is 1. The lowest BCUT2D eigenvalue weighted by Crippen LogP contribution is -2.36. The number of aliphatic carboxylic acids is 1. The summed E-state index contributed by atoms with van der Waals surface area (Å²) in [5.41, 5.74) is 1.70. The zero-order chi connectivity index (χ0) is 16.4.